The van der Waals surface area contributed by atoms with Gasteiger partial charge in [-0.3, -0.25) is 4.98 Å². The molecule has 2 aromatic heterocycles. The molecule has 1 N–H and O–H groups in total. The van der Waals surface area contributed by atoms with E-state index in [0.717, 1.165) is 46.9 Å². The van der Waals surface area contributed by atoms with Crippen LogP contribution in [0.4, 0.5) is 16.8 Å². The Morgan fingerprint density at radius 2 is 1.93 bits per heavy atom. The van der Waals surface area contributed by atoms with Crippen molar-refractivity contribution < 1.29 is 0 Å². The van der Waals surface area contributed by atoms with Crippen molar-refractivity contribution in [1.29, 1.82) is 0 Å². The van der Waals surface area contributed by atoms with Crippen LogP contribution >= 0.6 is 22.9 Å². The van der Waals surface area contributed by atoms with Gasteiger partial charge in [0.1, 0.15) is 5.82 Å². The molecule has 1 saturated heterocycles. The average molecular weight is 412 g/mol. The summed E-state index contributed by atoms with van der Waals surface area (Å²) in [5.41, 5.74) is 2.35. The third kappa shape index (κ3) is 3.59. The molecule has 3 heterocycles. The van der Waals surface area contributed by atoms with Gasteiger partial charge in [0.25, 0.3) is 0 Å². The number of hydrogen-bond donors (Lipinski definition) is 1. The van der Waals surface area contributed by atoms with Crippen molar-refractivity contribution in [3.63, 3.8) is 0 Å². The van der Waals surface area contributed by atoms with E-state index in [1.807, 2.05) is 24.5 Å². The number of aryl methyl sites for hydroxylation is 1. The molecule has 144 valence electrons. The fourth-order valence-electron chi connectivity index (χ4n) is 3.86. The van der Waals surface area contributed by atoms with Gasteiger partial charge in [-0.1, -0.05) is 23.7 Å². The lowest BCUT2D eigenvalue weighted by Crippen LogP contribution is -2.24. The minimum absolute atomic E-state index is 0.313. The lowest BCUT2D eigenvalue weighted by molar-refractivity contribution is 0.709. The first kappa shape index (κ1) is 17.9. The molecule has 0 bridgehead atoms. The Kier molecular flexibility index (Phi) is 4.69. The van der Waals surface area contributed by atoms with E-state index in [1.165, 1.54) is 23.3 Å². The van der Waals surface area contributed by atoms with Gasteiger partial charge in [-0.05, 0) is 50.3 Å². The molecule has 28 heavy (non-hydrogen) atoms. The number of thiazole rings is 1. The number of aromatic nitrogens is 3. The largest absolute Gasteiger partial charge is 0.348 e. The third-order valence-electron chi connectivity index (χ3n) is 5.40. The topological polar surface area (TPSA) is 53.9 Å². The molecule has 3 aromatic rings. The van der Waals surface area contributed by atoms with Gasteiger partial charge in [0.05, 0.1) is 17.9 Å². The fraction of sp³-hybridized carbons (Fsp3) is 0.381. The lowest BCUT2D eigenvalue weighted by atomic mass is 10.0. The summed E-state index contributed by atoms with van der Waals surface area (Å²) < 4.78 is 0. The van der Waals surface area contributed by atoms with E-state index >= 15 is 0 Å². The normalized spacial score (nSPS) is 19.2. The van der Waals surface area contributed by atoms with Crippen LogP contribution in [-0.4, -0.2) is 21.5 Å². The number of hydrogen-bond acceptors (Lipinski definition) is 6. The summed E-state index contributed by atoms with van der Waals surface area (Å²) in [5, 5.41) is 5.08. The quantitative estimate of drug-likeness (QED) is 0.570. The molecule has 7 heteroatoms. The number of halogens is 1. The molecule has 1 atom stereocenters. The van der Waals surface area contributed by atoms with E-state index < -0.39 is 0 Å². The molecule has 2 fully saturated rings. The Bertz CT molecular complexity index is 983. The maximum atomic E-state index is 6.08. The van der Waals surface area contributed by atoms with Crippen molar-refractivity contribution in [1.82, 2.24) is 15.0 Å². The summed E-state index contributed by atoms with van der Waals surface area (Å²) in [6.07, 6.45) is 8.47. The van der Waals surface area contributed by atoms with Crippen LogP contribution < -0.4 is 10.2 Å². The Morgan fingerprint density at radius 1 is 1.11 bits per heavy atom. The zero-order chi connectivity index (χ0) is 19.1. The monoisotopic (exact) mass is 411 g/mol. The Balaban J connectivity index is 1.47. The highest BCUT2D eigenvalue weighted by atomic mass is 35.5. The zero-order valence-electron chi connectivity index (χ0n) is 15.7. The molecular weight excluding hydrogens is 390 g/mol. The van der Waals surface area contributed by atoms with E-state index in [1.54, 1.807) is 11.3 Å². The van der Waals surface area contributed by atoms with Gasteiger partial charge in [0.15, 0.2) is 10.9 Å². The predicted molar refractivity (Wildman–Crippen MR) is 115 cm³/mol. The summed E-state index contributed by atoms with van der Waals surface area (Å²) in [6, 6.07) is 8.48. The molecule has 2 aliphatic rings. The highest BCUT2D eigenvalue weighted by Gasteiger charge is 2.32. The third-order valence-corrected chi connectivity index (χ3v) is 6.48. The second kappa shape index (κ2) is 7.33. The van der Waals surface area contributed by atoms with Crippen LogP contribution in [0, 0.1) is 6.92 Å². The molecule has 1 aromatic carbocycles. The van der Waals surface area contributed by atoms with Gasteiger partial charge in [-0.25, -0.2) is 9.97 Å². The molecular formula is C21H22ClN5S. The highest BCUT2D eigenvalue weighted by molar-refractivity contribution is 7.15. The fourth-order valence-corrected chi connectivity index (χ4v) is 4.65. The number of benzene rings is 1. The van der Waals surface area contributed by atoms with Crippen LogP contribution in [0.3, 0.4) is 0 Å². The van der Waals surface area contributed by atoms with Crippen LogP contribution in [0.1, 0.15) is 53.8 Å². The van der Waals surface area contributed by atoms with Crippen molar-refractivity contribution in [3.05, 3.63) is 57.8 Å². The van der Waals surface area contributed by atoms with Gasteiger partial charge >= 0.3 is 0 Å². The van der Waals surface area contributed by atoms with Gasteiger partial charge in [0, 0.05) is 28.6 Å². The van der Waals surface area contributed by atoms with Gasteiger partial charge in [0.2, 0.25) is 0 Å². The first-order valence-corrected chi connectivity index (χ1v) is 11.0. The standard InChI is InChI=1S/C21H22ClN5S/c1-13-11-24-21(28-13)26-20-19(15-4-5-15)23-12-18(25-20)27-10-2-3-17(27)14-6-8-16(22)9-7-14/h6-9,11-12,15,17H,2-5,10H2,1H3,(H,24,25,26). The summed E-state index contributed by atoms with van der Waals surface area (Å²) in [7, 11) is 0. The van der Waals surface area contributed by atoms with E-state index in [0.29, 0.717) is 12.0 Å². The molecule has 0 spiro atoms. The van der Waals surface area contributed by atoms with Gasteiger partial charge in [-0.2, -0.15) is 0 Å². The van der Waals surface area contributed by atoms with E-state index in [-0.39, 0.29) is 0 Å². The lowest BCUT2D eigenvalue weighted by Gasteiger charge is -2.26. The predicted octanol–water partition coefficient (Wildman–Crippen LogP) is 5.86. The average Bonchev–Trinajstić information content (AvgIpc) is 3.27. The molecule has 5 rings (SSSR count). The number of anilines is 3. The molecule has 0 amide bonds. The first-order valence-electron chi connectivity index (χ1n) is 9.76. The maximum Gasteiger partial charge on any atom is 0.188 e. The summed E-state index contributed by atoms with van der Waals surface area (Å²) in [5.74, 6) is 2.31. The minimum Gasteiger partial charge on any atom is -0.348 e. The van der Waals surface area contributed by atoms with Crippen LogP contribution in [-0.2, 0) is 0 Å². The number of rotatable bonds is 5. The highest BCUT2D eigenvalue weighted by Crippen LogP contribution is 2.44. The van der Waals surface area contributed by atoms with Gasteiger partial charge < -0.3 is 10.2 Å². The van der Waals surface area contributed by atoms with Crippen LogP contribution in [0.5, 0.6) is 0 Å². The first-order chi connectivity index (χ1) is 13.7. The van der Waals surface area contributed by atoms with Crippen LogP contribution in [0.25, 0.3) is 0 Å². The summed E-state index contributed by atoms with van der Waals surface area (Å²) in [6.45, 7) is 3.05. The molecule has 0 radical (unpaired) electrons. The Morgan fingerprint density at radius 3 is 2.64 bits per heavy atom. The molecule has 1 saturated carbocycles. The zero-order valence-corrected chi connectivity index (χ0v) is 17.3. The second-order valence-corrected chi connectivity index (χ2v) is 9.21. The minimum atomic E-state index is 0.313. The van der Waals surface area contributed by atoms with Crippen LogP contribution in [0.15, 0.2) is 36.7 Å². The molecule has 1 unspecified atom stereocenters. The van der Waals surface area contributed by atoms with Crippen molar-refractivity contribution >= 4 is 39.7 Å². The van der Waals surface area contributed by atoms with Crippen molar-refractivity contribution in [2.45, 2.75) is 44.6 Å². The van der Waals surface area contributed by atoms with E-state index in [9.17, 15) is 0 Å². The Labute approximate surface area is 173 Å². The summed E-state index contributed by atoms with van der Waals surface area (Å²) in [4.78, 5) is 17.8. The molecule has 5 nitrogen and oxygen atoms in total. The summed E-state index contributed by atoms with van der Waals surface area (Å²) >= 11 is 7.72. The number of nitrogens with one attached hydrogen (secondary N) is 1. The SMILES string of the molecule is Cc1cnc(Nc2nc(N3CCCC3c3ccc(Cl)cc3)cnc2C2CC2)s1. The van der Waals surface area contributed by atoms with Crippen LogP contribution in [0.2, 0.25) is 5.02 Å². The van der Waals surface area contributed by atoms with Crippen molar-refractivity contribution in [2.24, 2.45) is 0 Å². The van der Waals surface area contributed by atoms with Gasteiger partial charge in [-0.15, -0.1) is 11.3 Å². The second-order valence-electron chi connectivity index (χ2n) is 7.54. The smallest absolute Gasteiger partial charge is 0.188 e. The maximum absolute atomic E-state index is 6.08. The van der Waals surface area contributed by atoms with E-state index in [4.69, 9.17) is 21.6 Å². The van der Waals surface area contributed by atoms with Crippen molar-refractivity contribution in [3.8, 4) is 0 Å². The molecule has 1 aliphatic heterocycles. The van der Waals surface area contributed by atoms with E-state index in [2.05, 4.69) is 34.3 Å². The Hall–Kier alpha value is -2.18. The number of nitrogens with zero attached hydrogens (tertiary/aromatic N) is 4. The van der Waals surface area contributed by atoms with Crippen molar-refractivity contribution in [2.75, 3.05) is 16.8 Å². The molecule has 1 aliphatic carbocycles.